The molecule has 1 rings (SSSR count). The van der Waals surface area contributed by atoms with Gasteiger partial charge in [0.25, 0.3) is 0 Å². The maximum absolute atomic E-state index is 13.4. The molecule has 15 heavy (non-hydrogen) atoms. The Hall–Kier alpha value is -0.940. The first-order valence-corrected chi connectivity index (χ1v) is 6.32. The van der Waals surface area contributed by atoms with Crippen molar-refractivity contribution in [1.82, 2.24) is 4.31 Å². The lowest BCUT2D eigenvalue weighted by molar-refractivity contribution is 0.461. The molecule has 0 fully saturated rings. The quantitative estimate of drug-likeness (QED) is 0.791. The molecule has 1 aromatic carbocycles. The summed E-state index contributed by atoms with van der Waals surface area (Å²) in [4.78, 5) is 0. The van der Waals surface area contributed by atoms with Crippen LogP contribution in [0.2, 0.25) is 0 Å². The minimum absolute atomic E-state index is 0.0605. The van der Waals surface area contributed by atoms with Crippen LogP contribution in [0.1, 0.15) is 11.1 Å². The molecule has 0 unspecified atom stereocenters. The predicted octanol–water partition coefficient (Wildman–Crippen LogP) is 1.53. The van der Waals surface area contributed by atoms with Gasteiger partial charge in [-0.1, -0.05) is 12.1 Å². The molecule has 0 aliphatic carbocycles. The zero-order valence-electron chi connectivity index (χ0n) is 8.99. The highest BCUT2D eigenvalue weighted by molar-refractivity contribution is 7.88. The number of rotatable bonds is 3. The lowest BCUT2D eigenvalue weighted by atomic mass is 10.1. The van der Waals surface area contributed by atoms with Gasteiger partial charge in [-0.2, -0.15) is 0 Å². The van der Waals surface area contributed by atoms with Gasteiger partial charge in [0, 0.05) is 19.2 Å². The maximum Gasteiger partial charge on any atom is 0.211 e. The normalized spacial score (nSPS) is 12.1. The predicted molar refractivity (Wildman–Crippen MR) is 57.4 cm³/mol. The first-order valence-electron chi connectivity index (χ1n) is 4.47. The van der Waals surface area contributed by atoms with E-state index in [-0.39, 0.29) is 12.4 Å². The third kappa shape index (κ3) is 3.28. The monoisotopic (exact) mass is 231 g/mol. The number of benzene rings is 1. The molecule has 0 aliphatic rings. The molecule has 0 amide bonds. The van der Waals surface area contributed by atoms with E-state index >= 15 is 0 Å². The number of nitrogens with zero attached hydrogens (tertiary/aromatic N) is 1. The number of hydrogen-bond acceptors (Lipinski definition) is 2. The summed E-state index contributed by atoms with van der Waals surface area (Å²) >= 11 is 0. The molecule has 0 N–H and O–H groups in total. The van der Waals surface area contributed by atoms with E-state index in [1.54, 1.807) is 19.1 Å². The molecular weight excluding hydrogens is 217 g/mol. The average Bonchev–Trinajstić information content (AvgIpc) is 2.08. The molecule has 5 heteroatoms. The van der Waals surface area contributed by atoms with Crippen molar-refractivity contribution in [2.45, 2.75) is 13.5 Å². The van der Waals surface area contributed by atoms with E-state index in [1.807, 2.05) is 0 Å². The zero-order valence-corrected chi connectivity index (χ0v) is 9.81. The van der Waals surface area contributed by atoms with Gasteiger partial charge in [0.2, 0.25) is 10.0 Å². The maximum atomic E-state index is 13.4. The van der Waals surface area contributed by atoms with Crippen molar-refractivity contribution in [2.24, 2.45) is 0 Å². The van der Waals surface area contributed by atoms with Gasteiger partial charge >= 0.3 is 0 Å². The molecule has 0 aliphatic heterocycles. The van der Waals surface area contributed by atoms with E-state index in [1.165, 1.54) is 13.1 Å². The summed E-state index contributed by atoms with van der Waals surface area (Å²) in [6.07, 6.45) is 1.10. The van der Waals surface area contributed by atoms with Gasteiger partial charge in [-0.3, -0.25) is 0 Å². The highest BCUT2D eigenvalue weighted by Crippen LogP contribution is 2.12. The fourth-order valence-electron chi connectivity index (χ4n) is 1.14. The van der Waals surface area contributed by atoms with Crippen molar-refractivity contribution in [3.8, 4) is 0 Å². The number of hydrogen-bond donors (Lipinski definition) is 0. The summed E-state index contributed by atoms with van der Waals surface area (Å²) < 4.78 is 36.7. The molecule has 0 bridgehead atoms. The molecule has 1 aromatic rings. The second kappa shape index (κ2) is 4.28. The molecule has 0 radical (unpaired) electrons. The molecule has 3 nitrogen and oxygen atoms in total. The molecule has 0 atom stereocenters. The zero-order chi connectivity index (χ0) is 11.6. The standard InChI is InChI=1S/C10H14FNO2S/c1-8-4-5-9(10(11)6-8)7-12(2)15(3,13)14/h4-6H,7H2,1-3H3. The Bertz CT molecular complexity index is 456. The first-order chi connectivity index (χ1) is 6.80. The Kier molecular flexibility index (Phi) is 3.46. The summed E-state index contributed by atoms with van der Waals surface area (Å²) in [6.45, 7) is 1.85. The number of aryl methyl sites for hydroxylation is 1. The van der Waals surface area contributed by atoms with E-state index in [2.05, 4.69) is 0 Å². The lowest BCUT2D eigenvalue weighted by Gasteiger charge is -2.14. The summed E-state index contributed by atoms with van der Waals surface area (Å²) in [7, 11) is -1.84. The van der Waals surface area contributed by atoms with Crippen LogP contribution < -0.4 is 0 Å². The molecule has 0 aromatic heterocycles. The summed E-state index contributed by atoms with van der Waals surface area (Å²) in [6, 6.07) is 4.76. The van der Waals surface area contributed by atoms with Crippen molar-refractivity contribution < 1.29 is 12.8 Å². The van der Waals surface area contributed by atoms with Crippen LogP contribution in [-0.2, 0) is 16.6 Å². The van der Waals surface area contributed by atoms with Crippen LogP contribution in [0.15, 0.2) is 18.2 Å². The van der Waals surface area contributed by atoms with Gasteiger partial charge in [-0.15, -0.1) is 0 Å². The third-order valence-corrected chi connectivity index (χ3v) is 3.43. The van der Waals surface area contributed by atoms with E-state index in [9.17, 15) is 12.8 Å². The molecule has 0 saturated carbocycles. The fourth-order valence-corrected chi connectivity index (χ4v) is 1.51. The van der Waals surface area contributed by atoms with E-state index in [0.717, 1.165) is 16.1 Å². The molecule has 84 valence electrons. The van der Waals surface area contributed by atoms with Gasteiger partial charge in [-0.05, 0) is 18.6 Å². The topological polar surface area (TPSA) is 37.4 Å². The van der Waals surface area contributed by atoms with E-state index in [4.69, 9.17) is 0 Å². The molecule has 0 spiro atoms. The summed E-state index contributed by atoms with van der Waals surface area (Å²) in [5.74, 6) is -0.370. The molecular formula is C10H14FNO2S. The Labute approximate surface area is 89.6 Å². The highest BCUT2D eigenvalue weighted by Gasteiger charge is 2.13. The molecule has 0 heterocycles. The molecule has 0 saturated heterocycles. The Morgan fingerprint density at radius 2 is 2.00 bits per heavy atom. The van der Waals surface area contributed by atoms with Crippen molar-refractivity contribution in [2.75, 3.05) is 13.3 Å². The third-order valence-electron chi connectivity index (χ3n) is 2.17. The SMILES string of the molecule is Cc1ccc(CN(C)S(C)(=O)=O)c(F)c1. The number of sulfonamides is 1. The van der Waals surface area contributed by atoms with Gasteiger partial charge in [0.15, 0.2) is 0 Å². The minimum Gasteiger partial charge on any atom is -0.213 e. The van der Waals surface area contributed by atoms with Crippen molar-refractivity contribution in [3.63, 3.8) is 0 Å². The Morgan fingerprint density at radius 1 is 1.40 bits per heavy atom. The lowest BCUT2D eigenvalue weighted by Crippen LogP contribution is -2.25. The van der Waals surface area contributed by atoms with Crippen LogP contribution in [0.4, 0.5) is 4.39 Å². The van der Waals surface area contributed by atoms with Crippen molar-refractivity contribution >= 4 is 10.0 Å². The highest BCUT2D eigenvalue weighted by atomic mass is 32.2. The van der Waals surface area contributed by atoms with Crippen molar-refractivity contribution in [3.05, 3.63) is 35.1 Å². The van der Waals surface area contributed by atoms with Gasteiger partial charge in [0.1, 0.15) is 5.82 Å². The van der Waals surface area contributed by atoms with Gasteiger partial charge in [-0.25, -0.2) is 17.1 Å². The average molecular weight is 231 g/mol. The van der Waals surface area contributed by atoms with Gasteiger partial charge < -0.3 is 0 Å². The van der Waals surface area contributed by atoms with Crippen LogP contribution >= 0.6 is 0 Å². The van der Waals surface area contributed by atoms with Crippen LogP contribution in [0.3, 0.4) is 0 Å². The van der Waals surface area contributed by atoms with Gasteiger partial charge in [0.05, 0.1) is 6.26 Å². The Balaban J connectivity index is 2.91. The Morgan fingerprint density at radius 3 is 2.47 bits per heavy atom. The van der Waals surface area contributed by atoms with Crippen LogP contribution in [0, 0.1) is 12.7 Å². The summed E-state index contributed by atoms with van der Waals surface area (Å²) in [5, 5.41) is 0. The first kappa shape index (κ1) is 12.1. The summed E-state index contributed by atoms with van der Waals surface area (Å²) in [5.41, 5.74) is 1.20. The van der Waals surface area contributed by atoms with Crippen LogP contribution in [0.5, 0.6) is 0 Å². The number of halogens is 1. The largest absolute Gasteiger partial charge is 0.213 e. The second-order valence-corrected chi connectivity index (χ2v) is 5.70. The smallest absolute Gasteiger partial charge is 0.211 e. The van der Waals surface area contributed by atoms with Crippen LogP contribution in [0.25, 0.3) is 0 Å². The van der Waals surface area contributed by atoms with Crippen molar-refractivity contribution in [1.29, 1.82) is 0 Å². The minimum atomic E-state index is -3.26. The second-order valence-electron chi connectivity index (χ2n) is 3.61. The van der Waals surface area contributed by atoms with E-state index in [0.29, 0.717) is 5.56 Å². The van der Waals surface area contributed by atoms with Crippen LogP contribution in [-0.4, -0.2) is 26.0 Å². The fraction of sp³-hybridized carbons (Fsp3) is 0.400. The van der Waals surface area contributed by atoms with E-state index < -0.39 is 10.0 Å².